The fraction of sp³-hybridized carbons (Fsp3) is 0.853. The van der Waals surface area contributed by atoms with Gasteiger partial charge in [0.25, 0.3) is 5.91 Å². The van der Waals surface area contributed by atoms with E-state index in [0.717, 1.165) is 57.8 Å². The highest BCUT2D eigenvalue weighted by atomic mass is 16.7. The number of hydroxylamine groups is 2. The lowest BCUT2D eigenvalue weighted by Crippen LogP contribution is -2.66. The molecule has 0 N–H and O–H groups in total. The van der Waals surface area contributed by atoms with Crippen LogP contribution in [-0.4, -0.2) is 43.0 Å². The molecule has 6 nitrogen and oxygen atoms in total. The maximum Gasteiger partial charge on any atom is 0.302 e. The second kappa shape index (κ2) is 9.15. The highest BCUT2D eigenvalue weighted by Crippen LogP contribution is 2.75. The van der Waals surface area contributed by atoms with Crippen molar-refractivity contribution in [3.05, 3.63) is 11.6 Å². The first-order chi connectivity index (χ1) is 18.4. The topological polar surface area (TPSA) is 72.9 Å². The summed E-state index contributed by atoms with van der Waals surface area (Å²) in [5.41, 5.74) is 0.354. The molecule has 5 aliphatic carbocycles. The number of hydrogen-bond donors (Lipinski definition) is 0. The molecule has 0 aromatic rings. The van der Waals surface area contributed by atoms with Crippen molar-refractivity contribution >= 4 is 17.7 Å². The molecular weight excluding hydrogens is 502 g/mol. The van der Waals surface area contributed by atoms with Gasteiger partial charge in [0, 0.05) is 30.7 Å². The molecule has 40 heavy (non-hydrogen) atoms. The van der Waals surface area contributed by atoms with Crippen LogP contribution in [0.15, 0.2) is 11.6 Å². The van der Waals surface area contributed by atoms with Crippen LogP contribution < -0.4 is 0 Å². The number of esters is 1. The Morgan fingerprint density at radius 1 is 0.925 bits per heavy atom. The molecule has 0 spiro atoms. The second-order valence-corrected chi connectivity index (χ2v) is 16.2. The Balaban J connectivity index is 1.55. The van der Waals surface area contributed by atoms with Crippen LogP contribution in [0.1, 0.15) is 113 Å². The van der Waals surface area contributed by atoms with E-state index in [1.807, 2.05) is 0 Å². The van der Waals surface area contributed by atoms with Crippen LogP contribution >= 0.6 is 0 Å². The Morgan fingerprint density at radius 2 is 1.57 bits per heavy atom. The van der Waals surface area contributed by atoms with Crippen LogP contribution in [0.2, 0.25) is 0 Å². The summed E-state index contributed by atoms with van der Waals surface area (Å²) >= 11 is 0. The zero-order valence-corrected chi connectivity index (χ0v) is 26.7. The smallest absolute Gasteiger partial charge is 0.302 e. The lowest BCUT2D eigenvalue weighted by atomic mass is 9.33. The monoisotopic (exact) mass is 555 g/mol. The number of rotatable bonds is 3. The van der Waals surface area contributed by atoms with Gasteiger partial charge in [-0.05, 0) is 97.4 Å². The average Bonchev–Trinajstić information content (AvgIpc) is 2.87. The third-order valence-electron chi connectivity index (χ3n) is 13.9. The van der Waals surface area contributed by atoms with Crippen LogP contribution in [0, 0.1) is 50.2 Å². The lowest BCUT2D eigenvalue weighted by Gasteiger charge is -2.70. The molecule has 0 radical (unpaired) electrons. The molecule has 5 aliphatic rings. The SMILES string of the molecule is CON(C)C(=O)[C@@]1(C)CC[C@]2(C)CC[C@]3(C)C(=CC(=O)[C@@H]4[C@@]5(C)CC[C@H](OC(C)=O)C(C)(C)C5CC[C@]43C)[C@@H]2C1. The molecule has 0 aromatic heterocycles. The van der Waals surface area contributed by atoms with Gasteiger partial charge in [-0.3, -0.25) is 19.2 Å². The Bertz CT molecular complexity index is 1140. The summed E-state index contributed by atoms with van der Waals surface area (Å²) in [5, 5.41) is 1.39. The first kappa shape index (κ1) is 29.8. The molecule has 1 amide bonds. The van der Waals surface area contributed by atoms with Gasteiger partial charge >= 0.3 is 5.97 Å². The van der Waals surface area contributed by atoms with E-state index in [2.05, 4.69) is 54.5 Å². The van der Waals surface area contributed by atoms with E-state index >= 15 is 0 Å². The molecule has 0 aromatic carbocycles. The Morgan fingerprint density at radius 3 is 2.20 bits per heavy atom. The van der Waals surface area contributed by atoms with Gasteiger partial charge in [-0.2, -0.15) is 0 Å². The molecule has 6 heteroatoms. The molecule has 4 fully saturated rings. The minimum absolute atomic E-state index is 0.0379. The predicted molar refractivity (Wildman–Crippen MR) is 155 cm³/mol. The Labute approximate surface area is 241 Å². The van der Waals surface area contributed by atoms with Crippen molar-refractivity contribution in [1.82, 2.24) is 5.06 Å². The summed E-state index contributed by atoms with van der Waals surface area (Å²) in [6.45, 7) is 17.8. The Hall–Kier alpha value is -1.69. The van der Waals surface area contributed by atoms with Gasteiger partial charge in [-0.25, -0.2) is 5.06 Å². The maximum atomic E-state index is 14.5. The zero-order chi connectivity index (χ0) is 29.7. The normalized spacial score (nSPS) is 47.5. The van der Waals surface area contributed by atoms with E-state index in [4.69, 9.17) is 9.57 Å². The molecule has 4 saturated carbocycles. The van der Waals surface area contributed by atoms with Gasteiger partial charge in [0.2, 0.25) is 0 Å². The molecule has 0 aliphatic heterocycles. The van der Waals surface area contributed by atoms with Gasteiger partial charge in [-0.1, -0.05) is 54.0 Å². The number of ketones is 1. The molecule has 0 heterocycles. The van der Waals surface area contributed by atoms with Crippen LogP contribution in [0.5, 0.6) is 0 Å². The number of fused-ring (bicyclic) bond motifs is 7. The summed E-state index contributed by atoms with van der Waals surface area (Å²) < 4.78 is 5.85. The summed E-state index contributed by atoms with van der Waals surface area (Å²) in [6.07, 6.45) is 10.6. The van der Waals surface area contributed by atoms with E-state index in [9.17, 15) is 14.4 Å². The number of carbonyl (C=O) groups excluding carboxylic acids is 3. The number of allylic oxidation sites excluding steroid dienone is 2. The lowest BCUT2D eigenvalue weighted by molar-refractivity contribution is -0.211. The zero-order valence-electron chi connectivity index (χ0n) is 26.7. The van der Waals surface area contributed by atoms with E-state index in [-0.39, 0.29) is 56.9 Å². The standard InChI is InChI=1S/C34H53NO5/c1-21(36)40-26-12-13-32(6)25(29(26,2)3)11-14-34(8)27(32)24(37)19-22-23-20-31(5,28(38)35(9)39-10)16-15-30(23,4)17-18-33(22,34)7/h19,23,25-27H,11-18,20H2,1-10H3/t23-,25?,26-,27+,30+,31-,32-,33+,34+/m0/s1. The van der Waals surface area contributed by atoms with Crippen molar-refractivity contribution in [3.8, 4) is 0 Å². The van der Waals surface area contributed by atoms with Crippen molar-refractivity contribution in [2.24, 2.45) is 50.2 Å². The van der Waals surface area contributed by atoms with E-state index < -0.39 is 5.41 Å². The summed E-state index contributed by atoms with van der Waals surface area (Å²) in [6, 6.07) is 0. The van der Waals surface area contributed by atoms with Gasteiger partial charge < -0.3 is 4.74 Å². The van der Waals surface area contributed by atoms with Crippen LogP contribution in [0.25, 0.3) is 0 Å². The second-order valence-electron chi connectivity index (χ2n) is 16.2. The van der Waals surface area contributed by atoms with E-state index in [0.29, 0.717) is 11.7 Å². The molecule has 9 atom stereocenters. The predicted octanol–water partition coefficient (Wildman–Crippen LogP) is 6.92. The van der Waals surface area contributed by atoms with Gasteiger partial charge in [-0.15, -0.1) is 0 Å². The molecular formula is C34H53NO5. The van der Waals surface area contributed by atoms with E-state index in [1.54, 1.807) is 14.2 Å². The third-order valence-corrected chi connectivity index (χ3v) is 13.9. The fourth-order valence-corrected chi connectivity index (χ4v) is 11.2. The molecule has 0 saturated heterocycles. The summed E-state index contributed by atoms with van der Waals surface area (Å²) in [5.74, 6) is 0.591. The summed E-state index contributed by atoms with van der Waals surface area (Å²) in [7, 11) is 3.26. The molecule has 224 valence electrons. The third kappa shape index (κ3) is 3.86. The number of hydrogen-bond acceptors (Lipinski definition) is 5. The highest BCUT2D eigenvalue weighted by molar-refractivity contribution is 5.95. The highest BCUT2D eigenvalue weighted by Gasteiger charge is 2.70. The molecule has 5 rings (SSSR count). The van der Waals surface area contributed by atoms with Crippen molar-refractivity contribution in [3.63, 3.8) is 0 Å². The number of carbonyl (C=O) groups is 3. The van der Waals surface area contributed by atoms with Crippen LogP contribution in [0.4, 0.5) is 0 Å². The van der Waals surface area contributed by atoms with Gasteiger partial charge in [0.1, 0.15) is 6.10 Å². The van der Waals surface area contributed by atoms with Gasteiger partial charge in [0.05, 0.1) is 7.11 Å². The van der Waals surface area contributed by atoms with Crippen molar-refractivity contribution < 1.29 is 24.0 Å². The summed E-state index contributed by atoms with van der Waals surface area (Å²) in [4.78, 5) is 45.3. The fourth-order valence-electron chi connectivity index (χ4n) is 11.2. The average molecular weight is 556 g/mol. The minimum atomic E-state index is -0.502. The molecule has 1 unspecified atom stereocenters. The quantitative estimate of drug-likeness (QED) is 0.279. The first-order valence-electron chi connectivity index (χ1n) is 15.7. The maximum absolute atomic E-state index is 14.5. The van der Waals surface area contributed by atoms with Crippen molar-refractivity contribution in [2.45, 2.75) is 119 Å². The van der Waals surface area contributed by atoms with Crippen molar-refractivity contribution in [2.75, 3.05) is 14.2 Å². The minimum Gasteiger partial charge on any atom is -0.462 e. The number of nitrogens with zero attached hydrogens (tertiary/aromatic N) is 1. The number of amides is 1. The van der Waals surface area contributed by atoms with Crippen LogP contribution in [-0.2, 0) is 24.0 Å². The number of ether oxygens (including phenoxy) is 1. The largest absolute Gasteiger partial charge is 0.462 e. The Kier molecular flexibility index (Phi) is 6.82. The molecule has 0 bridgehead atoms. The van der Waals surface area contributed by atoms with E-state index in [1.165, 1.54) is 17.6 Å². The van der Waals surface area contributed by atoms with Gasteiger partial charge in [0.15, 0.2) is 5.78 Å². The van der Waals surface area contributed by atoms with Crippen LogP contribution in [0.3, 0.4) is 0 Å². The van der Waals surface area contributed by atoms with Crippen molar-refractivity contribution in [1.29, 1.82) is 0 Å². The first-order valence-corrected chi connectivity index (χ1v) is 15.7.